The van der Waals surface area contributed by atoms with E-state index in [2.05, 4.69) is 16.0 Å². The molecule has 0 aliphatic carbocycles. The number of carbonyl (C=O) groups is 1. The fourth-order valence-corrected chi connectivity index (χ4v) is 5.64. The summed E-state index contributed by atoms with van der Waals surface area (Å²) in [5.41, 5.74) is 4.86. The van der Waals surface area contributed by atoms with Crippen molar-refractivity contribution in [2.24, 2.45) is 0 Å². The number of pyridine rings is 1. The summed E-state index contributed by atoms with van der Waals surface area (Å²) in [5, 5.41) is 11.8. The number of benzene rings is 2. The van der Waals surface area contributed by atoms with Crippen LogP contribution in [0.5, 0.6) is 0 Å². The molecule has 0 saturated heterocycles. The van der Waals surface area contributed by atoms with Crippen molar-refractivity contribution in [2.45, 2.75) is 70.8 Å². The normalized spacial score (nSPS) is 12.5. The fraction of sp³-hybridized carbons (Fsp3) is 0.379. The van der Waals surface area contributed by atoms with Crippen LogP contribution in [-0.2, 0) is 9.84 Å². The molecular formula is C29H34N2O4S. The Labute approximate surface area is 212 Å². The summed E-state index contributed by atoms with van der Waals surface area (Å²) in [6.07, 6.45) is 4.26. The first-order chi connectivity index (χ1) is 16.9. The van der Waals surface area contributed by atoms with E-state index in [1.165, 1.54) is 0 Å². The number of fused-ring (bicyclic) bond motifs is 3. The van der Waals surface area contributed by atoms with Crippen LogP contribution in [-0.4, -0.2) is 40.6 Å². The van der Waals surface area contributed by atoms with Gasteiger partial charge in [0.05, 0.1) is 21.8 Å². The molecule has 2 aromatic heterocycles. The molecule has 2 aromatic carbocycles. The van der Waals surface area contributed by atoms with E-state index in [1.807, 2.05) is 26.0 Å². The number of sulfone groups is 1. The molecule has 2 heterocycles. The van der Waals surface area contributed by atoms with E-state index in [0.717, 1.165) is 50.6 Å². The topological polar surface area (TPSA) is 100 Å². The van der Waals surface area contributed by atoms with Crippen molar-refractivity contribution in [2.75, 3.05) is 5.75 Å². The van der Waals surface area contributed by atoms with Crippen LogP contribution in [0.3, 0.4) is 0 Å². The Hall–Kier alpha value is -3.03. The molecule has 4 aromatic rings. The summed E-state index contributed by atoms with van der Waals surface area (Å²) in [6.45, 7) is 9.11. The van der Waals surface area contributed by atoms with Crippen molar-refractivity contribution in [3.05, 3.63) is 59.3 Å². The number of aryl methyl sites for hydroxylation is 2. The molecule has 36 heavy (non-hydrogen) atoms. The van der Waals surface area contributed by atoms with E-state index in [0.29, 0.717) is 24.8 Å². The average molecular weight is 507 g/mol. The number of nitrogens with zero attached hydrogens (tertiary/aromatic N) is 1. The van der Waals surface area contributed by atoms with Crippen molar-refractivity contribution in [3.8, 4) is 11.1 Å². The van der Waals surface area contributed by atoms with E-state index in [1.54, 1.807) is 45.2 Å². The molecule has 0 radical (unpaired) electrons. The Morgan fingerprint density at radius 3 is 2.56 bits per heavy atom. The van der Waals surface area contributed by atoms with Gasteiger partial charge in [-0.05, 0) is 87.1 Å². The maximum atomic E-state index is 13.4. The Balaban J connectivity index is 1.89. The zero-order chi connectivity index (χ0) is 26.3. The van der Waals surface area contributed by atoms with Crippen LogP contribution < -0.4 is 0 Å². The van der Waals surface area contributed by atoms with Gasteiger partial charge >= 0.3 is 0 Å². The maximum Gasteiger partial charge on any atom is 0.178 e. The minimum absolute atomic E-state index is 0.0182. The molecule has 0 saturated carbocycles. The number of aliphatic hydroxyl groups is 1. The Morgan fingerprint density at radius 2 is 1.86 bits per heavy atom. The zero-order valence-electron chi connectivity index (χ0n) is 21.6. The zero-order valence-corrected chi connectivity index (χ0v) is 22.4. The highest BCUT2D eigenvalue weighted by atomic mass is 32.2. The number of aromatic amines is 1. The molecule has 2 N–H and O–H groups in total. The van der Waals surface area contributed by atoms with Gasteiger partial charge in [0, 0.05) is 29.0 Å². The molecule has 0 fully saturated rings. The second kappa shape index (κ2) is 9.79. The van der Waals surface area contributed by atoms with Gasteiger partial charge in [-0.2, -0.15) is 0 Å². The van der Waals surface area contributed by atoms with E-state index in [-0.39, 0.29) is 16.4 Å². The van der Waals surface area contributed by atoms with Crippen LogP contribution in [0.2, 0.25) is 0 Å². The quantitative estimate of drug-likeness (QED) is 0.205. The molecule has 0 aliphatic heterocycles. The van der Waals surface area contributed by atoms with Gasteiger partial charge < -0.3 is 10.1 Å². The van der Waals surface area contributed by atoms with Crippen molar-refractivity contribution >= 4 is 37.6 Å². The smallest absolute Gasteiger partial charge is 0.178 e. The third kappa shape index (κ3) is 5.22. The number of rotatable bonds is 9. The lowest BCUT2D eigenvalue weighted by atomic mass is 9.91. The van der Waals surface area contributed by atoms with Crippen molar-refractivity contribution in [1.29, 1.82) is 0 Å². The maximum absolute atomic E-state index is 13.4. The average Bonchev–Trinajstić information content (AvgIpc) is 3.21. The predicted molar refractivity (Wildman–Crippen MR) is 145 cm³/mol. The first-order valence-corrected chi connectivity index (χ1v) is 14.1. The van der Waals surface area contributed by atoms with Gasteiger partial charge in [-0.1, -0.05) is 25.5 Å². The number of unbranched alkanes of at least 4 members (excludes halogenated alkanes) is 1. The lowest BCUT2D eigenvalue weighted by Gasteiger charge is -2.16. The molecular weight excluding hydrogens is 472 g/mol. The van der Waals surface area contributed by atoms with Gasteiger partial charge in [0.25, 0.3) is 0 Å². The highest BCUT2D eigenvalue weighted by Crippen LogP contribution is 2.39. The summed E-state index contributed by atoms with van der Waals surface area (Å²) in [5.74, 6) is 0.0520. The number of H-pyrrole nitrogens is 1. The highest BCUT2D eigenvalue weighted by Gasteiger charge is 2.21. The summed E-state index contributed by atoms with van der Waals surface area (Å²) in [6, 6.07) is 10.9. The van der Waals surface area contributed by atoms with Gasteiger partial charge in [-0.3, -0.25) is 4.79 Å². The van der Waals surface area contributed by atoms with Gasteiger partial charge in [0.2, 0.25) is 0 Å². The minimum Gasteiger partial charge on any atom is -0.390 e. The minimum atomic E-state index is -3.39. The number of ketones is 1. The molecule has 0 spiro atoms. The van der Waals surface area contributed by atoms with E-state index in [4.69, 9.17) is 0 Å². The molecule has 4 rings (SSSR count). The van der Waals surface area contributed by atoms with Crippen LogP contribution in [0.1, 0.15) is 67.9 Å². The third-order valence-electron chi connectivity index (χ3n) is 6.75. The van der Waals surface area contributed by atoms with Gasteiger partial charge in [-0.25, -0.2) is 13.4 Å². The highest BCUT2D eigenvalue weighted by molar-refractivity contribution is 7.91. The molecule has 190 valence electrons. The third-order valence-corrected chi connectivity index (χ3v) is 8.48. The predicted octanol–water partition coefficient (Wildman–Crippen LogP) is 6.31. The molecule has 6 nitrogen and oxygen atoms in total. The first kappa shape index (κ1) is 26.0. The second-order valence-corrected chi connectivity index (χ2v) is 12.5. The monoisotopic (exact) mass is 506 g/mol. The number of Topliss-reactive ketones (excluding diaryl/α,β-unsaturated/α-hetero) is 1. The van der Waals surface area contributed by atoms with Crippen LogP contribution in [0.25, 0.3) is 33.1 Å². The molecule has 0 bridgehead atoms. The summed E-state index contributed by atoms with van der Waals surface area (Å²) < 4.78 is 25.2. The first-order valence-electron chi connectivity index (χ1n) is 12.4. The van der Waals surface area contributed by atoms with Crippen molar-refractivity contribution < 1.29 is 18.3 Å². The van der Waals surface area contributed by atoms with Crippen molar-refractivity contribution in [3.63, 3.8) is 0 Å². The molecule has 0 amide bonds. The molecule has 0 unspecified atom stereocenters. The fourth-order valence-electron chi connectivity index (χ4n) is 4.71. The largest absolute Gasteiger partial charge is 0.390 e. The summed E-state index contributed by atoms with van der Waals surface area (Å²) >= 11 is 0. The van der Waals surface area contributed by atoms with Gasteiger partial charge in [0.15, 0.2) is 15.6 Å². The van der Waals surface area contributed by atoms with Gasteiger partial charge in [0.1, 0.15) is 5.65 Å². The van der Waals surface area contributed by atoms with E-state index < -0.39 is 15.4 Å². The van der Waals surface area contributed by atoms with Crippen molar-refractivity contribution in [1.82, 2.24) is 9.97 Å². The summed E-state index contributed by atoms with van der Waals surface area (Å²) in [7, 11) is -3.39. The standard InChI is InChI=1S/C29H34N2O4S/c1-6-36(34,35)21-11-9-10-20(15-21)23-16-22(25(32)12-7-8-13-29(4,5)33)19(3)27-26(23)24-14-18(2)17-30-28(24)31-27/h9-11,14-17,33H,6-8,12-13H2,1-5H3,(H,30,31). The Kier molecular flexibility index (Phi) is 7.08. The van der Waals surface area contributed by atoms with Gasteiger partial charge in [-0.15, -0.1) is 0 Å². The lowest BCUT2D eigenvalue weighted by Crippen LogP contribution is -2.18. The molecule has 0 aliphatic rings. The Bertz CT molecular complexity index is 1560. The van der Waals surface area contributed by atoms with Crippen LogP contribution in [0.4, 0.5) is 0 Å². The lowest BCUT2D eigenvalue weighted by molar-refractivity contribution is 0.0674. The van der Waals surface area contributed by atoms with E-state index in [9.17, 15) is 18.3 Å². The van der Waals surface area contributed by atoms with Crippen LogP contribution in [0.15, 0.2) is 47.5 Å². The number of aromatic nitrogens is 2. The van der Waals surface area contributed by atoms with E-state index >= 15 is 0 Å². The molecule has 0 atom stereocenters. The summed E-state index contributed by atoms with van der Waals surface area (Å²) in [4.78, 5) is 21.6. The molecule has 7 heteroatoms. The second-order valence-electron chi connectivity index (χ2n) is 10.3. The number of hydrogen-bond acceptors (Lipinski definition) is 5. The SMILES string of the molecule is CCS(=O)(=O)c1cccc(-c2cc(C(=O)CCCCC(C)(C)O)c(C)c3[nH]c4ncc(C)cc4c23)c1. The number of carbonyl (C=O) groups excluding carboxylic acids is 1. The number of nitrogens with one attached hydrogen (secondary N) is 1. The van der Waals surface area contributed by atoms with Crippen LogP contribution in [0, 0.1) is 13.8 Å². The Morgan fingerprint density at radius 1 is 1.11 bits per heavy atom. The number of hydrogen-bond donors (Lipinski definition) is 2. The van der Waals surface area contributed by atoms with Crippen LogP contribution >= 0.6 is 0 Å².